The third kappa shape index (κ3) is 3.31. The van der Waals surface area contributed by atoms with Crippen molar-refractivity contribution in [2.45, 2.75) is 38.8 Å². The summed E-state index contributed by atoms with van der Waals surface area (Å²) in [6.07, 6.45) is 1.23. The highest BCUT2D eigenvalue weighted by Gasteiger charge is 2.29. The average Bonchev–Trinajstić information content (AvgIpc) is 2.70. The smallest absolute Gasteiger partial charge is 0.129 e. The van der Waals surface area contributed by atoms with Gasteiger partial charge in [-0.2, -0.15) is 0 Å². The number of halogens is 2. The molecule has 2 rings (SSSR count). The van der Waals surface area contributed by atoms with E-state index in [1.165, 1.54) is 6.42 Å². The highest BCUT2D eigenvalue weighted by atomic mass is 19.1. The van der Waals surface area contributed by atoms with E-state index in [0.717, 1.165) is 24.6 Å². The molecule has 1 aliphatic carbocycles. The van der Waals surface area contributed by atoms with Gasteiger partial charge >= 0.3 is 0 Å². The van der Waals surface area contributed by atoms with Crippen LogP contribution in [0.1, 0.15) is 38.4 Å². The Balaban J connectivity index is 1.94. The molecule has 2 nitrogen and oxygen atoms in total. The van der Waals surface area contributed by atoms with E-state index in [1.807, 2.05) is 0 Å². The fraction of sp³-hybridized carbons (Fsp3) is 0.600. The first-order chi connectivity index (χ1) is 8.99. The predicted molar refractivity (Wildman–Crippen MR) is 70.7 cm³/mol. The molecule has 0 amide bonds. The summed E-state index contributed by atoms with van der Waals surface area (Å²) < 4.78 is 26.6. The van der Waals surface area contributed by atoms with Crippen molar-refractivity contribution < 1.29 is 13.9 Å². The van der Waals surface area contributed by atoms with E-state index in [1.54, 1.807) is 0 Å². The average molecular weight is 269 g/mol. The van der Waals surface area contributed by atoms with Gasteiger partial charge in [0.15, 0.2) is 0 Å². The summed E-state index contributed by atoms with van der Waals surface area (Å²) >= 11 is 0. The maximum atomic E-state index is 13.5. The van der Waals surface area contributed by atoms with Crippen molar-refractivity contribution in [2.75, 3.05) is 6.54 Å². The molecule has 106 valence electrons. The summed E-state index contributed by atoms with van der Waals surface area (Å²) in [5.41, 5.74) is 0.0196. The second kappa shape index (κ2) is 5.97. The highest BCUT2D eigenvalue weighted by Crippen LogP contribution is 2.31. The van der Waals surface area contributed by atoms with E-state index in [-0.39, 0.29) is 12.1 Å². The lowest BCUT2D eigenvalue weighted by Gasteiger charge is -2.22. The van der Waals surface area contributed by atoms with Crippen LogP contribution in [-0.4, -0.2) is 17.7 Å². The minimum absolute atomic E-state index is 0.0196. The number of benzene rings is 1. The van der Waals surface area contributed by atoms with Crippen LogP contribution in [-0.2, 0) is 0 Å². The van der Waals surface area contributed by atoms with E-state index in [2.05, 4.69) is 19.2 Å². The summed E-state index contributed by atoms with van der Waals surface area (Å²) in [6, 6.07) is 3.51. The minimum atomic E-state index is -1.01. The molecular formula is C15H21F2NO. The zero-order valence-corrected chi connectivity index (χ0v) is 11.4. The van der Waals surface area contributed by atoms with Gasteiger partial charge < -0.3 is 10.4 Å². The van der Waals surface area contributed by atoms with Crippen molar-refractivity contribution in [1.82, 2.24) is 5.32 Å². The van der Waals surface area contributed by atoms with Gasteiger partial charge in [-0.1, -0.05) is 13.8 Å². The van der Waals surface area contributed by atoms with Crippen LogP contribution in [0, 0.1) is 23.5 Å². The van der Waals surface area contributed by atoms with Crippen molar-refractivity contribution in [3.63, 3.8) is 0 Å². The normalized spacial score (nSPS) is 28.6. The first kappa shape index (κ1) is 14.4. The molecule has 0 bridgehead atoms. The van der Waals surface area contributed by atoms with Gasteiger partial charge in [-0.15, -0.1) is 0 Å². The Morgan fingerprint density at radius 3 is 2.68 bits per heavy atom. The summed E-state index contributed by atoms with van der Waals surface area (Å²) in [5, 5.41) is 13.2. The first-order valence-corrected chi connectivity index (χ1v) is 6.85. The lowest BCUT2D eigenvalue weighted by Crippen LogP contribution is -2.35. The minimum Gasteiger partial charge on any atom is -0.387 e. The van der Waals surface area contributed by atoms with Crippen LogP contribution in [0.3, 0.4) is 0 Å². The lowest BCUT2D eigenvalue weighted by molar-refractivity contribution is 0.161. The summed E-state index contributed by atoms with van der Waals surface area (Å²) in [6.45, 7) is 4.65. The van der Waals surface area contributed by atoms with E-state index in [9.17, 15) is 13.9 Å². The van der Waals surface area contributed by atoms with Gasteiger partial charge in [0.1, 0.15) is 11.6 Å². The number of hydrogen-bond acceptors (Lipinski definition) is 2. The molecule has 0 aliphatic heterocycles. The van der Waals surface area contributed by atoms with Crippen LogP contribution in [0.15, 0.2) is 18.2 Å². The predicted octanol–water partition coefficient (Wildman–Crippen LogP) is 3.02. The second-order valence-electron chi connectivity index (χ2n) is 5.61. The maximum absolute atomic E-state index is 13.5. The Morgan fingerprint density at radius 1 is 1.32 bits per heavy atom. The number of hydrogen-bond donors (Lipinski definition) is 2. The number of aliphatic hydroxyl groups is 1. The number of aliphatic hydroxyl groups excluding tert-OH is 1. The molecule has 1 fully saturated rings. The molecule has 19 heavy (non-hydrogen) atoms. The molecule has 1 aromatic rings. The van der Waals surface area contributed by atoms with Crippen LogP contribution < -0.4 is 5.32 Å². The molecule has 0 heterocycles. The Kier molecular flexibility index (Phi) is 4.53. The van der Waals surface area contributed by atoms with Crippen LogP contribution in [0.2, 0.25) is 0 Å². The van der Waals surface area contributed by atoms with E-state index < -0.39 is 17.7 Å². The van der Waals surface area contributed by atoms with Crippen LogP contribution in [0.25, 0.3) is 0 Å². The molecule has 4 unspecified atom stereocenters. The lowest BCUT2D eigenvalue weighted by atomic mass is 9.97. The van der Waals surface area contributed by atoms with E-state index in [4.69, 9.17) is 0 Å². The number of nitrogens with one attached hydrogen (secondary N) is 1. The van der Waals surface area contributed by atoms with Gasteiger partial charge in [-0.25, -0.2) is 8.78 Å². The van der Waals surface area contributed by atoms with Crippen molar-refractivity contribution in [3.8, 4) is 0 Å². The molecule has 0 radical (unpaired) electrons. The van der Waals surface area contributed by atoms with E-state index in [0.29, 0.717) is 17.9 Å². The summed E-state index contributed by atoms with van der Waals surface area (Å²) in [4.78, 5) is 0. The Bertz CT molecular complexity index is 438. The topological polar surface area (TPSA) is 32.3 Å². The monoisotopic (exact) mass is 269 g/mol. The molecular weight excluding hydrogens is 248 g/mol. The highest BCUT2D eigenvalue weighted by molar-refractivity contribution is 5.21. The van der Waals surface area contributed by atoms with Crippen molar-refractivity contribution in [3.05, 3.63) is 35.4 Å². The fourth-order valence-corrected chi connectivity index (χ4v) is 2.80. The fourth-order valence-electron chi connectivity index (χ4n) is 2.80. The summed E-state index contributed by atoms with van der Waals surface area (Å²) in [7, 11) is 0. The molecule has 1 aliphatic rings. The number of rotatable bonds is 4. The molecule has 4 atom stereocenters. The van der Waals surface area contributed by atoms with Crippen molar-refractivity contribution in [2.24, 2.45) is 11.8 Å². The third-order valence-corrected chi connectivity index (χ3v) is 4.36. The Labute approximate surface area is 112 Å². The second-order valence-corrected chi connectivity index (χ2v) is 5.61. The molecule has 0 aromatic heterocycles. The third-order valence-electron chi connectivity index (χ3n) is 4.36. The van der Waals surface area contributed by atoms with Gasteiger partial charge in [0.2, 0.25) is 0 Å². The van der Waals surface area contributed by atoms with Gasteiger partial charge in [0.25, 0.3) is 0 Å². The SMILES string of the molecule is CC1CCC(NCC(O)c2cc(F)ccc2F)C1C. The Hall–Kier alpha value is -1.00. The molecule has 0 saturated heterocycles. The molecule has 4 heteroatoms. The summed E-state index contributed by atoms with van der Waals surface area (Å²) in [5.74, 6) is 0.118. The van der Waals surface area contributed by atoms with Gasteiger partial charge in [0.05, 0.1) is 6.10 Å². The quantitative estimate of drug-likeness (QED) is 0.880. The van der Waals surface area contributed by atoms with Crippen LogP contribution in [0.4, 0.5) is 8.78 Å². The largest absolute Gasteiger partial charge is 0.387 e. The van der Waals surface area contributed by atoms with Crippen LogP contribution >= 0.6 is 0 Å². The maximum Gasteiger partial charge on any atom is 0.129 e. The Morgan fingerprint density at radius 2 is 2.05 bits per heavy atom. The van der Waals surface area contributed by atoms with E-state index >= 15 is 0 Å². The van der Waals surface area contributed by atoms with Gasteiger partial charge in [-0.3, -0.25) is 0 Å². The van der Waals surface area contributed by atoms with Crippen molar-refractivity contribution in [1.29, 1.82) is 0 Å². The van der Waals surface area contributed by atoms with Crippen molar-refractivity contribution >= 4 is 0 Å². The first-order valence-electron chi connectivity index (χ1n) is 6.85. The van der Waals surface area contributed by atoms with Crippen LogP contribution in [0.5, 0.6) is 0 Å². The standard InChI is InChI=1S/C15H21F2NO/c1-9-3-6-14(10(9)2)18-8-15(19)12-7-11(16)4-5-13(12)17/h4-5,7,9-10,14-15,18-19H,3,6,8H2,1-2H3. The molecule has 1 aromatic carbocycles. The molecule has 1 saturated carbocycles. The zero-order valence-electron chi connectivity index (χ0n) is 11.4. The van der Waals surface area contributed by atoms with Gasteiger partial charge in [0, 0.05) is 18.2 Å². The molecule has 0 spiro atoms. The molecule has 2 N–H and O–H groups in total. The van der Waals surface area contributed by atoms with Gasteiger partial charge in [-0.05, 0) is 42.9 Å². The zero-order chi connectivity index (χ0) is 14.0.